The fourth-order valence-corrected chi connectivity index (χ4v) is 15.2. The zero-order valence-corrected chi connectivity index (χ0v) is 35.6. The van der Waals surface area contributed by atoms with Crippen LogP contribution in [0, 0.1) is 0 Å². The molecule has 0 aliphatic carbocycles. The molecule has 2 heterocycles. The minimum Gasteiger partial charge on any atom is -0.309 e. The second-order valence-electron chi connectivity index (χ2n) is 16.4. The van der Waals surface area contributed by atoms with Crippen molar-refractivity contribution in [2.75, 3.05) is 0 Å². The van der Waals surface area contributed by atoms with Gasteiger partial charge >= 0.3 is 0 Å². The predicted octanol–water partition coefficient (Wildman–Crippen LogP) is 12.6. The molecule has 3 heteroatoms. The Hall–Kier alpha value is -7.98. The lowest BCUT2D eigenvalue weighted by Crippen LogP contribution is -2.74. The van der Waals surface area contributed by atoms with E-state index in [2.05, 4.69) is 264 Å². The van der Waals surface area contributed by atoms with Crippen LogP contribution in [0.4, 0.5) is 0 Å². The molecule has 0 atom stereocenters. The van der Waals surface area contributed by atoms with Crippen molar-refractivity contribution in [1.29, 1.82) is 0 Å². The summed E-state index contributed by atoms with van der Waals surface area (Å²) in [6.07, 6.45) is 0. The highest BCUT2D eigenvalue weighted by Gasteiger charge is 2.41. The second kappa shape index (κ2) is 15.2. The largest absolute Gasteiger partial charge is 0.309 e. The molecule has 0 saturated carbocycles. The number of benzene rings is 10. The Bertz CT molecular complexity index is 3510. The molecule has 2 nitrogen and oxygen atoms in total. The maximum Gasteiger partial charge on any atom is 0.179 e. The Morgan fingerprint density at radius 2 is 0.698 bits per heavy atom. The monoisotopic (exact) mass is 818 g/mol. The summed E-state index contributed by atoms with van der Waals surface area (Å²) >= 11 is 0. The van der Waals surface area contributed by atoms with Gasteiger partial charge in [0.2, 0.25) is 0 Å². The maximum atomic E-state index is 2.49. The minimum absolute atomic E-state index is 1.13. The normalized spacial score (nSPS) is 11.8. The molecule has 12 rings (SSSR count). The summed E-state index contributed by atoms with van der Waals surface area (Å²) in [5, 5.41) is 10.4. The molecule has 0 radical (unpaired) electrons. The van der Waals surface area contributed by atoms with E-state index in [-0.39, 0.29) is 0 Å². The third-order valence-corrected chi connectivity index (χ3v) is 17.8. The number of aromatic nitrogens is 2. The highest BCUT2D eigenvalue weighted by Crippen LogP contribution is 2.42. The van der Waals surface area contributed by atoms with E-state index < -0.39 is 8.07 Å². The van der Waals surface area contributed by atoms with Gasteiger partial charge in [0, 0.05) is 32.9 Å². The van der Waals surface area contributed by atoms with Crippen molar-refractivity contribution in [3.05, 3.63) is 255 Å². The quantitative estimate of drug-likeness (QED) is 0.107. The third kappa shape index (κ3) is 5.85. The lowest BCUT2D eigenvalue weighted by molar-refractivity contribution is 1.16. The number of para-hydroxylation sites is 2. The summed E-state index contributed by atoms with van der Waals surface area (Å²) in [4.78, 5) is 0. The molecule has 63 heavy (non-hydrogen) atoms. The van der Waals surface area contributed by atoms with Gasteiger partial charge in [0.05, 0.1) is 22.1 Å². The lowest BCUT2D eigenvalue weighted by Gasteiger charge is -2.34. The molecule has 0 aliphatic heterocycles. The topological polar surface area (TPSA) is 9.86 Å². The summed E-state index contributed by atoms with van der Waals surface area (Å²) in [7, 11) is -2.77. The molecular formula is C60H42N2Si. The van der Waals surface area contributed by atoms with Crippen LogP contribution < -0.4 is 20.7 Å². The molecule has 0 unspecified atom stereocenters. The Balaban J connectivity index is 1.10. The van der Waals surface area contributed by atoms with E-state index in [0.717, 1.165) is 11.4 Å². The Kier molecular flexibility index (Phi) is 8.87. The standard InChI is InChI=1S/C60H42N2Si/c1-5-21-43(22-6-1)50-31-13-14-32-51(50)54-35-20-38-58-60(54)55-34-16-18-37-57(55)61(58)45-39-40-53-52-33-15-17-36-56(52)62(59(53)42-45)44-23-19-30-49(41-44)63(46-24-7-2-8-25-46,47-26-9-3-10-27-47)48-28-11-4-12-29-48/h1-42H. The Labute approximate surface area is 368 Å². The molecule has 0 spiro atoms. The van der Waals surface area contributed by atoms with Crippen molar-refractivity contribution < 1.29 is 0 Å². The van der Waals surface area contributed by atoms with Crippen molar-refractivity contribution in [3.63, 3.8) is 0 Å². The van der Waals surface area contributed by atoms with E-state index in [1.807, 2.05) is 0 Å². The van der Waals surface area contributed by atoms with Crippen LogP contribution in [-0.2, 0) is 0 Å². The zero-order valence-electron chi connectivity index (χ0n) is 34.6. The van der Waals surface area contributed by atoms with Gasteiger partial charge in [-0.15, -0.1) is 0 Å². The van der Waals surface area contributed by atoms with Gasteiger partial charge in [-0.05, 0) is 85.5 Å². The molecular weight excluding hydrogens is 777 g/mol. The highest BCUT2D eigenvalue weighted by atomic mass is 28.3. The first-order valence-corrected chi connectivity index (χ1v) is 23.8. The smallest absolute Gasteiger partial charge is 0.179 e. The van der Waals surface area contributed by atoms with Gasteiger partial charge in [0.15, 0.2) is 8.07 Å². The van der Waals surface area contributed by atoms with Crippen molar-refractivity contribution in [3.8, 4) is 33.6 Å². The Morgan fingerprint density at radius 3 is 1.37 bits per heavy atom. The highest BCUT2D eigenvalue weighted by molar-refractivity contribution is 7.19. The van der Waals surface area contributed by atoms with Crippen LogP contribution in [-0.4, -0.2) is 17.2 Å². The average Bonchev–Trinajstić information content (AvgIpc) is 3.88. The van der Waals surface area contributed by atoms with Gasteiger partial charge in [-0.1, -0.05) is 212 Å². The first kappa shape index (κ1) is 36.8. The number of hydrogen-bond acceptors (Lipinski definition) is 0. The SMILES string of the molecule is c1ccc(-c2ccccc2-c2cccc3c2c2ccccc2n3-c2ccc3c4ccccc4n(-c4cccc([Si](c5ccccc5)(c5ccccc5)c5ccccc5)c4)c3c2)cc1. The number of rotatable bonds is 8. The van der Waals surface area contributed by atoms with Crippen molar-refractivity contribution >= 4 is 72.4 Å². The third-order valence-electron chi connectivity index (χ3n) is 13.1. The van der Waals surface area contributed by atoms with Gasteiger partial charge in [-0.3, -0.25) is 0 Å². The zero-order chi connectivity index (χ0) is 41.7. The molecule has 0 N–H and O–H groups in total. The fourth-order valence-electron chi connectivity index (χ4n) is 10.4. The molecule has 296 valence electrons. The van der Waals surface area contributed by atoms with Crippen LogP contribution in [0.5, 0.6) is 0 Å². The lowest BCUT2D eigenvalue weighted by atomic mass is 9.92. The van der Waals surface area contributed by atoms with E-state index in [1.54, 1.807) is 0 Å². The fraction of sp³-hybridized carbons (Fsp3) is 0. The van der Waals surface area contributed by atoms with Gasteiger partial charge in [0.1, 0.15) is 0 Å². The van der Waals surface area contributed by atoms with Gasteiger partial charge < -0.3 is 9.13 Å². The summed E-state index contributed by atoms with van der Waals surface area (Å²) in [6.45, 7) is 0. The van der Waals surface area contributed by atoms with Crippen LogP contribution in [0.2, 0.25) is 0 Å². The molecule has 0 amide bonds. The first-order chi connectivity index (χ1) is 31.3. The molecule has 0 fully saturated rings. The number of fused-ring (bicyclic) bond motifs is 6. The van der Waals surface area contributed by atoms with Gasteiger partial charge in [-0.25, -0.2) is 0 Å². The predicted molar refractivity (Wildman–Crippen MR) is 270 cm³/mol. The van der Waals surface area contributed by atoms with Crippen molar-refractivity contribution in [2.45, 2.75) is 0 Å². The average molecular weight is 819 g/mol. The van der Waals surface area contributed by atoms with Crippen molar-refractivity contribution in [2.24, 2.45) is 0 Å². The minimum atomic E-state index is -2.77. The van der Waals surface area contributed by atoms with Crippen LogP contribution in [0.3, 0.4) is 0 Å². The molecule has 0 aliphatic rings. The van der Waals surface area contributed by atoms with E-state index in [0.29, 0.717) is 0 Å². The number of hydrogen-bond donors (Lipinski definition) is 0. The second-order valence-corrected chi connectivity index (χ2v) is 20.2. The van der Waals surface area contributed by atoms with E-state index in [9.17, 15) is 0 Å². The van der Waals surface area contributed by atoms with Crippen LogP contribution in [0.15, 0.2) is 255 Å². The maximum absolute atomic E-state index is 2.77. The van der Waals surface area contributed by atoms with Gasteiger partial charge in [-0.2, -0.15) is 0 Å². The van der Waals surface area contributed by atoms with E-state index in [4.69, 9.17) is 0 Å². The summed E-state index contributed by atoms with van der Waals surface area (Å²) < 4.78 is 4.96. The summed E-state index contributed by atoms with van der Waals surface area (Å²) in [6, 6.07) is 94.2. The molecule has 12 aromatic rings. The first-order valence-electron chi connectivity index (χ1n) is 21.8. The van der Waals surface area contributed by atoms with E-state index >= 15 is 0 Å². The van der Waals surface area contributed by atoms with Crippen LogP contribution >= 0.6 is 0 Å². The van der Waals surface area contributed by atoms with Crippen molar-refractivity contribution in [1.82, 2.24) is 9.13 Å². The number of nitrogens with zero attached hydrogens (tertiary/aromatic N) is 2. The summed E-state index contributed by atoms with van der Waals surface area (Å²) in [5.74, 6) is 0. The molecule has 2 aromatic heterocycles. The Morgan fingerprint density at radius 1 is 0.254 bits per heavy atom. The van der Waals surface area contributed by atoms with Crippen LogP contribution in [0.1, 0.15) is 0 Å². The molecule has 0 saturated heterocycles. The summed E-state index contributed by atoms with van der Waals surface area (Å²) in [5.41, 5.74) is 11.9. The molecule has 0 bridgehead atoms. The van der Waals surface area contributed by atoms with Gasteiger partial charge in [0.25, 0.3) is 0 Å². The molecule has 10 aromatic carbocycles. The van der Waals surface area contributed by atoms with E-state index in [1.165, 1.54) is 86.6 Å². The van der Waals surface area contributed by atoms with Crippen LogP contribution in [0.25, 0.3) is 77.2 Å².